The van der Waals surface area contributed by atoms with Crippen LogP contribution in [-0.2, 0) is 4.79 Å². The van der Waals surface area contributed by atoms with Crippen molar-refractivity contribution in [2.45, 2.75) is 12.5 Å². The molecule has 0 saturated heterocycles. The molecule has 13 heavy (non-hydrogen) atoms. The monoisotopic (exact) mass is 245 g/mol. The molecule has 0 aliphatic heterocycles. The summed E-state index contributed by atoms with van der Waals surface area (Å²) in [5, 5.41) is 17.9. The van der Waals surface area contributed by atoms with Gasteiger partial charge in [-0.05, 0) is 27.6 Å². The Hall–Kier alpha value is -0.940. The third-order valence-electron chi connectivity index (χ3n) is 1.53. The van der Waals surface area contributed by atoms with Crippen LogP contribution >= 0.6 is 15.9 Å². The number of aliphatic hydroxyl groups is 1. The number of nitrogens with zero attached hydrogens (tertiary/aromatic N) is 1. The van der Waals surface area contributed by atoms with Crippen molar-refractivity contribution in [3.63, 3.8) is 0 Å². The van der Waals surface area contributed by atoms with E-state index in [1.165, 1.54) is 12.4 Å². The molecule has 1 atom stereocenters. The topological polar surface area (TPSA) is 70.4 Å². The van der Waals surface area contributed by atoms with E-state index in [2.05, 4.69) is 20.9 Å². The summed E-state index contributed by atoms with van der Waals surface area (Å²) in [4.78, 5) is 14.1. The molecule has 70 valence electrons. The minimum absolute atomic E-state index is 0.303. The maximum Gasteiger partial charge on any atom is 0.306 e. The molecule has 1 aromatic heterocycles. The van der Waals surface area contributed by atoms with Crippen LogP contribution in [0.2, 0.25) is 0 Å². The Labute approximate surface area is 83.4 Å². The van der Waals surface area contributed by atoms with Gasteiger partial charge in [0, 0.05) is 16.9 Å². The van der Waals surface area contributed by atoms with E-state index in [0.29, 0.717) is 10.0 Å². The van der Waals surface area contributed by atoms with Crippen LogP contribution in [0.5, 0.6) is 0 Å². The van der Waals surface area contributed by atoms with Gasteiger partial charge in [0.25, 0.3) is 0 Å². The largest absolute Gasteiger partial charge is 0.481 e. The fourth-order valence-corrected chi connectivity index (χ4v) is 1.45. The number of aromatic nitrogens is 1. The van der Waals surface area contributed by atoms with Crippen molar-refractivity contribution in [3.05, 3.63) is 28.5 Å². The lowest BCUT2D eigenvalue weighted by Crippen LogP contribution is -2.06. The Bertz CT molecular complexity index is 316. The SMILES string of the molecule is O=C(O)C[C@H](O)c1ccncc1Br. The van der Waals surface area contributed by atoms with Gasteiger partial charge in [0.05, 0.1) is 12.5 Å². The second-order valence-electron chi connectivity index (χ2n) is 2.51. The third-order valence-corrected chi connectivity index (χ3v) is 2.19. The number of hydrogen-bond donors (Lipinski definition) is 2. The van der Waals surface area contributed by atoms with Crippen LogP contribution in [0.15, 0.2) is 22.9 Å². The Morgan fingerprint density at radius 2 is 2.38 bits per heavy atom. The average Bonchev–Trinajstić information content (AvgIpc) is 2.03. The van der Waals surface area contributed by atoms with E-state index < -0.39 is 12.1 Å². The maximum absolute atomic E-state index is 10.3. The van der Waals surface area contributed by atoms with Crippen molar-refractivity contribution in [2.24, 2.45) is 0 Å². The Balaban J connectivity index is 2.82. The first-order valence-corrected chi connectivity index (χ1v) is 4.40. The van der Waals surface area contributed by atoms with Gasteiger partial charge in [-0.25, -0.2) is 0 Å². The third kappa shape index (κ3) is 2.78. The molecule has 0 fully saturated rings. The maximum atomic E-state index is 10.3. The molecule has 2 N–H and O–H groups in total. The lowest BCUT2D eigenvalue weighted by Gasteiger charge is -2.09. The molecule has 0 unspecified atom stereocenters. The first kappa shape index (κ1) is 10.1. The van der Waals surface area contributed by atoms with E-state index in [0.717, 1.165) is 0 Å². The van der Waals surface area contributed by atoms with Gasteiger partial charge in [-0.3, -0.25) is 9.78 Å². The van der Waals surface area contributed by atoms with Crippen molar-refractivity contribution in [1.29, 1.82) is 0 Å². The van der Waals surface area contributed by atoms with E-state index in [1.807, 2.05) is 0 Å². The first-order chi connectivity index (χ1) is 6.11. The normalized spacial score (nSPS) is 12.5. The molecule has 0 aliphatic carbocycles. The molecular formula is C8H8BrNO3. The molecule has 0 saturated carbocycles. The molecule has 0 spiro atoms. The van der Waals surface area contributed by atoms with Crippen LogP contribution in [0, 0.1) is 0 Å². The zero-order valence-electron chi connectivity index (χ0n) is 6.64. The standard InChI is InChI=1S/C8H8BrNO3/c9-6-4-10-2-1-5(6)7(11)3-8(12)13/h1-2,4,7,11H,3H2,(H,12,13)/t7-/m0/s1. The highest BCUT2D eigenvalue weighted by Gasteiger charge is 2.14. The number of aliphatic hydroxyl groups excluding tert-OH is 1. The highest BCUT2D eigenvalue weighted by Crippen LogP contribution is 2.23. The van der Waals surface area contributed by atoms with Gasteiger partial charge in [-0.2, -0.15) is 0 Å². The van der Waals surface area contributed by atoms with Crippen LogP contribution in [0.25, 0.3) is 0 Å². The number of hydrogen-bond acceptors (Lipinski definition) is 3. The number of carboxylic acid groups (broad SMARTS) is 1. The number of pyridine rings is 1. The van der Waals surface area contributed by atoms with Gasteiger partial charge in [0.15, 0.2) is 0 Å². The fraction of sp³-hybridized carbons (Fsp3) is 0.250. The minimum atomic E-state index is -1.03. The van der Waals surface area contributed by atoms with E-state index in [9.17, 15) is 9.90 Å². The Morgan fingerprint density at radius 3 is 2.92 bits per heavy atom. The second kappa shape index (κ2) is 4.34. The average molecular weight is 246 g/mol. The lowest BCUT2D eigenvalue weighted by atomic mass is 10.1. The number of halogens is 1. The minimum Gasteiger partial charge on any atom is -0.481 e. The first-order valence-electron chi connectivity index (χ1n) is 3.60. The van der Waals surface area contributed by atoms with E-state index >= 15 is 0 Å². The molecule has 1 aromatic rings. The van der Waals surface area contributed by atoms with Crippen LogP contribution < -0.4 is 0 Å². The molecule has 1 heterocycles. The molecule has 4 nitrogen and oxygen atoms in total. The fourth-order valence-electron chi connectivity index (χ4n) is 0.932. The lowest BCUT2D eigenvalue weighted by molar-refractivity contribution is -0.139. The van der Waals surface area contributed by atoms with E-state index in [1.54, 1.807) is 6.07 Å². The number of carboxylic acids is 1. The molecule has 5 heteroatoms. The Morgan fingerprint density at radius 1 is 1.69 bits per heavy atom. The molecule has 0 aromatic carbocycles. The summed E-state index contributed by atoms with van der Waals surface area (Å²) >= 11 is 3.17. The summed E-state index contributed by atoms with van der Waals surface area (Å²) in [5.41, 5.74) is 0.539. The van der Waals surface area contributed by atoms with Gasteiger partial charge in [-0.15, -0.1) is 0 Å². The van der Waals surface area contributed by atoms with Crippen LogP contribution in [0.4, 0.5) is 0 Å². The highest BCUT2D eigenvalue weighted by atomic mass is 79.9. The molecule has 0 aliphatic rings. The van der Waals surface area contributed by atoms with Gasteiger partial charge >= 0.3 is 5.97 Å². The predicted octanol–water partition coefficient (Wildman–Crippen LogP) is 1.35. The quantitative estimate of drug-likeness (QED) is 0.844. The second-order valence-corrected chi connectivity index (χ2v) is 3.37. The summed E-state index contributed by atoms with van der Waals surface area (Å²) in [6, 6.07) is 1.58. The summed E-state index contributed by atoms with van der Waals surface area (Å²) in [6.07, 6.45) is 1.73. The number of carbonyl (C=O) groups is 1. The zero-order valence-corrected chi connectivity index (χ0v) is 8.23. The van der Waals surface area contributed by atoms with Gasteiger partial charge in [0.2, 0.25) is 0 Å². The highest BCUT2D eigenvalue weighted by molar-refractivity contribution is 9.10. The van der Waals surface area contributed by atoms with Crippen molar-refractivity contribution in [1.82, 2.24) is 4.98 Å². The number of aliphatic carboxylic acids is 1. The van der Waals surface area contributed by atoms with Crippen LogP contribution in [0.1, 0.15) is 18.1 Å². The van der Waals surface area contributed by atoms with Gasteiger partial charge in [0.1, 0.15) is 0 Å². The Kier molecular flexibility index (Phi) is 3.39. The van der Waals surface area contributed by atoms with Gasteiger partial charge in [-0.1, -0.05) is 0 Å². The van der Waals surface area contributed by atoms with Crippen molar-refractivity contribution < 1.29 is 15.0 Å². The molecule has 0 bridgehead atoms. The van der Waals surface area contributed by atoms with E-state index in [4.69, 9.17) is 5.11 Å². The van der Waals surface area contributed by atoms with E-state index in [-0.39, 0.29) is 6.42 Å². The van der Waals surface area contributed by atoms with Crippen molar-refractivity contribution in [3.8, 4) is 0 Å². The summed E-state index contributed by atoms with van der Waals surface area (Å²) in [6.45, 7) is 0. The summed E-state index contributed by atoms with van der Waals surface area (Å²) < 4.78 is 0.615. The van der Waals surface area contributed by atoms with Crippen LogP contribution in [-0.4, -0.2) is 21.2 Å². The molecule has 0 radical (unpaired) electrons. The summed E-state index contributed by atoms with van der Waals surface area (Å²) in [7, 11) is 0. The van der Waals surface area contributed by atoms with Crippen molar-refractivity contribution in [2.75, 3.05) is 0 Å². The van der Waals surface area contributed by atoms with Crippen LogP contribution in [0.3, 0.4) is 0 Å². The van der Waals surface area contributed by atoms with Gasteiger partial charge < -0.3 is 10.2 Å². The molecule has 1 rings (SSSR count). The smallest absolute Gasteiger partial charge is 0.306 e. The van der Waals surface area contributed by atoms with Crippen molar-refractivity contribution >= 4 is 21.9 Å². The number of rotatable bonds is 3. The molecular weight excluding hydrogens is 238 g/mol. The molecule has 0 amide bonds. The summed E-state index contributed by atoms with van der Waals surface area (Å²) in [5.74, 6) is -1.03. The predicted molar refractivity (Wildman–Crippen MR) is 49.1 cm³/mol. The zero-order chi connectivity index (χ0) is 9.84.